The van der Waals surface area contributed by atoms with Crippen LogP contribution in [0, 0.1) is 11.3 Å². The highest BCUT2D eigenvalue weighted by Crippen LogP contribution is 2.32. The molecule has 0 radical (unpaired) electrons. The van der Waals surface area contributed by atoms with Gasteiger partial charge in [0.1, 0.15) is 5.75 Å². The molecule has 2 nitrogen and oxygen atoms in total. The van der Waals surface area contributed by atoms with Crippen molar-refractivity contribution in [3.8, 4) is 11.8 Å². The molecular formula is C11H11NO. The van der Waals surface area contributed by atoms with Crippen LogP contribution in [0.2, 0.25) is 0 Å². The van der Waals surface area contributed by atoms with Gasteiger partial charge in [0.15, 0.2) is 0 Å². The number of nitrogens with zero attached hydrogens (tertiary/aromatic N) is 1. The fourth-order valence-corrected chi connectivity index (χ4v) is 1.92. The van der Waals surface area contributed by atoms with Crippen molar-refractivity contribution in [1.29, 1.82) is 5.26 Å². The number of phenolic OH excluding ortho intramolecular Hbond substituents is 1. The Morgan fingerprint density at radius 1 is 1.38 bits per heavy atom. The number of phenols is 1. The van der Waals surface area contributed by atoms with E-state index in [9.17, 15) is 5.11 Å². The van der Waals surface area contributed by atoms with E-state index in [1.165, 1.54) is 5.56 Å². The Morgan fingerprint density at radius 3 is 3.00 bits per heavy atom. The number of hydrogen-bond acceptors (Lipinski definition) is 2. The van der Waals surface area contributed by atoms with E-state index in [1.807, 2.05) is 12.1 Å². The second kappa shape index (κ2) is 3.10. The van der Waals surface area contributed by atoms with Gasteiger partial charge in [-0.1, -0.05) is 12.1 Å². The minimum Gasteiger partial charge on any atom is -0.507 e. The third-order valence-corrected chi connectivity index (χ3v) is 2.61. The second-order valence-corrected chi connectivity index (χ2v) is 3.40. The van der Waals surface area contributed by atoms with Crippen LogP contribution in [0.1, 0.15) is 23.1 Å². The summed E-state index contributed by atoms with van der Waals surface area (Å²) in [6.07, 6.45) is 3.45. The van der Waals surface area contributed by atoms with Gasteiger partial charge in [0.25, 0.3) is 0 Å². The molecule has 0 saturated carbocycles. The van der Waals surface area contributed by atoms with Gasteiger partial charge in [-0.2, -0.15) is 5.26 Å². The Morgan fingerprint density at radius 2 is 2.23 bits per heavy atom. The molecule has 0 amide bonds. The summed E-state index contributed by atoms with van der Waals surface area (Å²) in [6, 6.07) is 5.96. The summed E-state index contributed by atoms with van der Waals surface area (Å²) >= 11 is 0. The van der Waals surface area contributed by atoms with E-state index in [0.717, 1.165) is 30.4 Å². The first-order valence-electron chi connectivity index (χ1n) is 4.52. The van der Waals surface area contributed by atoms with Crippen molar-refractivity contribution in [2.24, 2.45) is 0 Å². The molecule has 2 rings (SSSR count). The molecule has 0 aliphatic heterocycles. The normalized spacial score (nSPS) is 13.8. The molecule has 13 heavy (non-hydrogen) atoms. The molecule has 1 aliphatic rings. The van der Waals surface area contributed by atoms with Crippen molar-refractivity contribution in [3.05, 3.63) is 28.8 Å². The second-order valence-electron chi connectivity index (χ2n) is 3.40. The highest BCUT2D eigenvalue weighted by Gasteiger charge is 2.16. The average molecular weight is 173 g/mol. The van der Waals surface area contributed by atoms with Gasteiger partial charge in [-0.3, -0.25) is 0 Å². The number of fused-ring (bicyclic) bond motifs is 1. The molecule has 1 aromatic carbocycles. The summed E-state index contributed by atoms with van der Waals surface area (Å²) < 4.78 is 0. The lowest BCUT2D eigenvalue weighted by atomic mass is 10.0. The van der Waals surface area contributed by atoms with Crippen molar-refractivity contribution in [3.63, 3.8) is 0 Å². The van der Waals surface area contributed by atoms with Crippen LogP contribution in [0.5, 0.6) is 5.75 Å². The number of nitriles is 1. The van der Waals surface area contributed by atoms with Crippen LogP contribution in [0.15, 0.2) is 12.1 Å². The summed E-state index contributed by atoms with van der Waals surface area (Å²) in [5.41, 5.74) is 3.08. The fourth-order valence-electron chi connectivity index (χ4n) is 1.92. The molecule has 66 valence electrons. The van der Waals surface area contributed by atoms with E-state index in [2.05, 4.69) is 6.07 Å². The molecule has 1 N–H and O–H groups in total. The lowest BCUT2D eigenvalue weighted by Gasteiger charge is -2.05. The summed E-state index contributed by atoms with van der Waals surface area (Å²) in [5, 5.41) is 18.3. The number of benzene rings is 1. The highest BCUT2D eigenvalue weighted by molar-refractivity contribution is 5.48. The molecule has 0 fully saturated rings. The molecule has 0 spiro atoms. The first-order valence-corrected chi connectivity index (χ1v) is 4.52. The molecule has 1 aliphatic carbocycles. The van der Waals surface area contributed by atoms with Crippen LogP contribution in [-0.4, -0.2) is 5.11 Å². The Kier molecular flexibility index (Phi) is 1.94. The van der Waals surface area contributed by atoms with Crippen LogP contribution in [0.3, 0.4) is 0 Å². The largest absolute Gasteiger partial charge is 0.507 e. The van der Waals surface area contributed by atoms with E-state index in [4.69, 9.17) is 5.26 Å². The van der Waals surface area contributed by atoms with Gasteiger partial charge in [-0.15, -0.1) is 0 Å². The molecule has 0 heterocycles. The van der Waals surface area contributed by atoms with Gasteiger partial charge in [-0.25, -0.2) is 0 Å². The maximum atomic E-state index is 9.79. The predicted octanol–water partition coefficient (Wildman–Crippen LogP) is 1.95. The van der Waals surface area contributed by atoms with Gasteiger partial charge in [-0.05, 0) is 30.4 Å². The lowest BCUT2D eigenvalue weighted by Crippen LogP contribution is -1.89. The van der Waals surface area contributed by atoms with E-state index in [0.29, 0.717) is 12.2 Å². The lowest BCUT2D eigenvalue weighted by molar-refractivity contribution is 0.463. The number of rotatable bonds is 1. The van der Waals surface area contributed by atoms with E-state index in [1.54, 1.807) is 0 Å². The monoisotopic (exact) mass is 173 g/mol. The molecule has 2 heteroatoms. The maximum Gasteiger partial charge on any atom is 0.123 e. The standard InChI is InChI=1S/C11H11NO/c12-7-6-9-5-4-8-2-1-3-10(8)11(9)13/h4-5,13H,1-3,6H2. The smallest absolute Gasteiger partial charge is 0.123 e. The van der Waals surface area contributed by atoms with Gasteiger partial charge >= 0.3 is 0 Å². The average Bonchev–Trinajstić information content (AvgIpc) is 2.58. The Hall–Kier alpha value is -1.49. The van der Waals surface area contributed by atoms with Crippen LogP contribution in [-0.2, 0) is 19.3 Å². The predicted molar refractivity (Wildman–Crippen MR) is 49.4 cm³/mol. The number of hydrogen-bond donors (Lipinski definition) is 1. The van der Waals surface area contributed by atoms with Crippen LogP contribution >= 0.6 is 0 Å². The minimum atomic E-state index is 0.305. The zero-order valence-corrected chi connectivity index (χ0v) is 7.38. The minimum absolute atomic E-state index is 0.305. The van der Waals surface area contributed by atoms with Crippen molar-refractivity contribution >= 4 is 0 Å². The third kappa shape index (κ3) is 1.27. The molecule has 0 atom stereocenters. The number of aromatic hydroxyl groups is 1. The third-order valence-electron chi connectivity index (χ3n) is 2.61. The topological polar surface area (TPSA) is 44.0 Å². The van der Waals surface area contributed by atoms with Crippen molar-refractivity contribution in [2.75, 3.05) is 0 Å². The summed E-state index contributed by atoms with van der Waals surface area (Å²) in [4.78, 5) is 0. The van der Waals surface area contributed by atoms with Crippen molar-refractivity contribution in [1.82, 2.24) is 0 Å². The van der Waals surface area contributed by atoms with Crippen LogP contribution in [0.25, 0.3) is 0 Å². The molecule has 0 saturated heterocycles. The highest BCUT2D eigenvalue weighted by atomic mass is 16.3. The molecule has 0 unspecified atom stereocenters. The fraction of sp³-hybridized carbons (Fsp3) is 0.364. The van der Waals surface area contributed by atoms with Gasteiger partial charge in [0, 0.05) is 5.56 Å². The van der Waals surface area contributed by atoms with E-state index >= 15 is 0 Å². The van der Waals surface area contributed by atoms with Crippen LogP contribution < -0.4 is 0 Å². The quantitative estimate of drug-likeness (QED) is 0.705. The Balaban J connectivity index is 2.47. The number of aryl methyl sites for hydroxylation is 1. The van der Waals surface area contributed by atoms with Gasteiger partial charge < -0.3 is 5.11 Å². The summed E-state index contributed by atoms with van der Waals surface area (Å²) in [6.45, 7) is 0. The van der Waals surface area contributed by atoms with E-state index < -0.39 is 0 Å². The van der Waals surface area contributed by atoms with E-state index in [-0.39, 0.29) is 0 Å². The zero-order chi connectivity index (χ0) is 9.26. The summed E-state index contributed by atoms with van der Waals surface area (Å²) in [5.74, 6) is 0.358. The molecular weight excluding hydrogens is 162 g/mol. The van der Waals surface area contributed by atoms with Crippen LogP contribution in [0.4, 0.5) is 0 Å². The Bertz CT molecular complexity index is 376. The summed E-state index contributed by atoms with van der Waals surface area (Å²) in [7, 11) is 0. The SMILES string of the molecule is N#CCc1ccc2c(c1O)CCC2. The molecule has 1 aromatic rings. The maximum absolute atomic E-state index is 9.79. The first-order chi connectivity index (χ1) is 6.33. The van der Waals surface area contributed by atoms with Crippen molar-refractivity contribution in [2.45, 2.75) is 25.7 Å². The van der Waals surface area contributed by atoms with Gasteiger partial charge in [0.2, 0.25) is 0 Å². The first kappa shape index (κ1) is 8.12. The molecule has 0 bridgehead atoms. The molecule has 0 aromatic heterocycles. The Labute approximate surface area is 77.4 Å². The zero-order valence-electron chi connectivity index (χ0n) is 7.38. The van der Waals surface area contributed by atoms with Gasteiger partial charge in [0.05, 0.1) is 12.5 Å². The van der Waals surface area contributed by atoms with Crippen molar-refractivity contribution < 1.29 is 5.11 Å².